The van der Waals surface area contributed by atoms with Gasteiger partial charge in [-0.2, -0.15) is 13.2 Å². The molecule has 0 bridgehead atoms. The number of anilines is 1. The van der Waals surface area contributed by atoms with Crippen molar-refractivity contribution in [2.24, 2.45) is 0 Å². The number of rotatable bonds is 2. The lowest BCUT2D eigenvalue weighted by molar-refractivity contribution is -0.136. The zero-order valence-electron chi connectivity index (χ0n) is 10.4. The van der Waals surface area contributed by atoms with E-state index >= 15 is 0 Å². The highest BCUT2D eigenvalue weighted by Gasteiger charge is 2.35. The van der Waals surface area contributed by atoms with Crippen LogP contribution in [0.15, 0.2) is 24.4 Å². The molecule has 0 atom stereocenters. The first-order chi connectivity index (χ1) is 10.2. The standard InChI is InChI=1S/C12H5Cl3F3N3O/c13-7-3-1-2-6(12(16,17)18)8(7)20-10(22)5-4-19-11(15)21-9(5)14/h1-4H,(H,20,22). The second-order valence-corrected chi connectivity index (χ2v) is 5.06. The Morgan fingerprint density at radius 3 is 2.45 bits per heavy atom. The molecule has 2 rings (SSSR count). The van der Waals surface area contributed by atoms with Crippen molar-refractivity contribution < 1.29 is 18.0 Å². The van der Waals surface area contributed by atoms with Gasteiger partial charge in [0.2, 0.25) is 5.28 Å². The van der Waals surface area contributed by atoms with E-state index < -0.39 is 23.3 Å². The maximum Gasteiger partial charge on any atom is 0.418 e. The van der Waals surface area contributed by atoms with Crippen LogP contribution in [0.4, 0.5) is 18.9 Å². The van der Waals surface area contributed by atoms with Crippen LogP contribution in [-0.4, -0.2) is 15.9 Å². The minimum Gasteiger partial charge on any atom is -0.320 e. The normalized spacial score (nSPS) is 11.4. The Morgan fingerprint density at radius 2 is 1.86 bits per heavy atom. The molecule has 2 aromatic rings. The van der Waals surface area contributed by atoms with E-state index in [0.717, 1.165) is 18.3 Å². The summed E-state index contributed by atoms with van der Waals surface area (Å²) in [5.41, 5.74) is -1.90. The topological polar surface area (TPSA) is 54.9 Å². The van der Waals surface area contributed by atoms with Gasteiger partial charge in [0.1, 0.15) is 5.15 Å². The maximum atomic E-state index is 12.9. The van der Waals surface area contributed by atoms with Gasteiger partial charge in [-0.25, -0.2) is 9.97 Å². The van der Waals surface area contributed by atoms with E-state index in [1.54, 1.807) is 0 Å². The van der Waals surface area contributed by atoms with Crippen molar-refractivity contribution in [2.75, 3.05) is 5.32 Å². The van der Waals surface area contributed by atoms with Gasteiger partial charge in [-0.15, -0.1) is 0 Å². The lowest BCUT2D eigenvalue weighted by Gasteiger charge is -2.15. The number of hydrogen-bond acceptors (Lipinski definition) is 3. The van der Waals surface area contributed by atoms with E-state index in [1.807, 2.05) is 0 Å². The number of carbonyl (C=O) groups is 1. The highest BCUT2D eigenvalue weighted by Crippen LogP contribution is 2.38. The summed E-state index contributed by atoms with van der Waals surface area (Å²) >= 11 is 16.9. The summed E-state index contributed by atoms with van der Waals surface area (Å²) in [4.78, 5) is 19.1. The molecule has 0 saturated carbocycles. The number of nitrogens with one attached hydrogen (secondary N) is 1. The van der Waals surface area contributed by atoms with Crippen molar-refractivity contribution in [3.05, 3.63) is 51.0 Å². The van der Waals surface area contributed by atoms with E-state index in [2.05, 4.69) is 15.3 Å². The Bertz CT molecular complexity index is 737. The molecule has 116 valence electrons. The van der Waals surface area contributed by atoms with E-state index in [9.17, 15) is 18.0 Å². The highest BCUT2D eigenvalue weighted by atomic mass is 35.5. The number of aromatic nitrogens is 2. The predicted molar refractivity (Wildman–Crippen MR) is 76.5 cm³/mol. The number of amides is 1. The SMILES string of the molecule is O=C(Nc1c(Cl)cccc1C(F)(F)F)c1cnc(Cl)nc1Cl. The van der Waals surface area contributed by atoms with Crippen LogP contribution in [0.5, 0.6) is 0 Å². The summed E-state index contributed by atoms with van der Waals surface area (Å²) in [5.74, 6) is -0.944. The van der Waals surface area contributed by atoms with Crippen LogP contribution in [0.2, 0.25) is 15.5 Å². The van der Waals surface area contributed by atoms with Crippen LogP contribution in [0, 0.1) is 0 Å². The Kier molecular flexibility index (Phi) is 4.79. The minimum atomic E-state index is -4.69. The lowest BCUT2D eigenvalue weighted by atomic mass is 10.1. The van der Waals surface area contributed by atoms with E-state index in [0.29, 0.717) is 0 Å². The molecule has 0 radical (unpaired) electrons. The molecule has 0 unspecified atom stereocenters. The first-order valence-electron chi connectivity index (χ1n) is 5.55. The number of halogens is 6. The number of hydrogen-bond donors (Lipinski definition) is 1. The zero-order chi connectivity index (χ0) is 16.5. The van der Waals surface area contributed by atoms with Gasteiger partial charge in [-0.3, -0.25) is 4.79 Å². The number of nitrogens with zero attached hydrogens (tertiary/aromatic N) is 2. The molecular formula is C12H5Cl3F3N3O. The number of benzene rings is 1. The molecule has 0 spiro atoms. The van der Waals surface area contributed by atoms with Crippen molar-refractivity contribution in [2.45, 2.75) is 6.18 Å². The monoisotopic (exact) mass is 369 g/mol. The molecule has 1 aromatic heterocycles. The summed E-state index contributed by atoms with van der Waals surface area (Å²) < 4.78 is 38.8. The fraction of sp³-hybridized carbons (Fsp3) is 0.0833. The summed E-state index contributed by atoms with van der Waals surface area (Å²) in [5, 5.41) is 1.30. The second-order valence-electron chi connectivity index (χ2n) is 3.96. The Labute approximate surface area is 137 Å². The largest absolute Gasteiger partial charge is 0.418 e. The van der Waals surface area contributed by atoms with Crippen molar-refractivity contribution in [3.8, 4) is 0 Å². The molecule has 10 heteroatoms. The summed E-state index contributed by atoms with van der Waals surface area (Å²) in [7, 11) is 0. The zero-order valence-corrected chi connectivity index (χ0v) is 12.6. The third kappa shape index (κ3) is 3.60. The first kappa shape index (κ1) is 16.8. The fourth-order valence-electron chi connectivity index (χ4n) is 1.56. The van der Waals surface area contributed by atoms with Gasteiger partial charge in [0.25, 0.3) is 5.91 Å². The molecule has 1 N–H and O–H groups in total. The highest BCUT2D eigenvalue weighted by molar-refractivity contribution is 6.36. The van der Waals surface area contributed by atoms with Crippen LogP contribution >= 0.6 is 34.8 Å². The van der Waals surface area contributed by atoms with E-state index in [4.69, 9.17) is 34.8 Å². The fourth-order valence-corrected chi connectivity index (χ4v) is 2.17. The minimum absolute atomic E-state index is 0.199. The first-order valence-corrected chi connectivity index (χ1v) is 6.68. The van der Waals surface area contributed by atoms with E-state index in [1.165, 1.54) is 6.07 Å². The molecule has 4 nitrogen and oxygen atoms in total. The summed E-state index contributed by atoms with van der Waals surface area (Å²) in [6.07, 6.45) is -3.69. The van der Waals surface area contributed by atoms with Crippen molar-refractivity contribution >= 4 is 46.4 Å². The second kappa shape index (κ2) is 6.28. The Morgan fingerprint density at radius 1 is 1.18 bits per heavy atom. The van der Waals surface area contributed by atoms with Crippen LogP contribution in [0.1, 0.15) is 15.9 Å². The molecule has 22 heavy (non-hydrogen) atoms. The average Bonchev–Trinajstić information content (AvgIpc) is 2.39. The van der Waals surface area contributed by atoms with Gasteiger partial charge in [-0.05, 0) is 23.7 Å². The van der Waals surface area contributed by atoms with Gasteiger partial charge in [0, 0.05) is 6.20 Å². The van der Waals surface area contributed by atoms with Crippen molar-refractivity contribution in [1.29, 1.82) is 0 Å². The summed E-state index contributed by atoms with van der Waals surface area (Å²) in [6, 6.07) is 3.13. The smallest absolute Gasteiger partial charge is 0.320 e. The van der Waals surface area contributed by atoms with Crippen LogP contribution in [-0.2, 0) is 6.18 Å². The van der Waals surface area contributed by atoms with Gasteiger partial charge in [0.05, 0.1) is 21.8 Å². The predicted octanol–water partition coefficient (Wildman–Crippen LogP) is 4.71. The van der Waals surface area contributed by atoms with Crippen LogP contribution in [0.25, 0.3) is 0 Å². The number of para-hydroxylation sites is 1. The Balaban J connectivity index is 2.41. The lowest BCUT2D eigenvalue weighted by Crippen LogP contribution is -2.18. The molecular weight excluding hydrogens is 366 g/mol. The third-order valence-corrected chi connectivity index (χ3v) is 3.30. The van der Waals surface area contributed by atoms with E-state index in [-0.39, 0.29) is 21.0 Å². The van der Waals surface area contributed by atoms with Gasteiger partial charge in [-0.1, -0.05) is 29.3 Å². The molecule has 1 amide bonds. The average molecular weight is 371 g/mol. The van der Waals surface area contributed by atoms with Gasteiger partial charge < -0.3 is 5.32 Å². The van der Waals surface area contributed by atoms with Gasteiger partial charge >= 0.3 is 6.18 Å². The molecule has 0 fully saturated rings. The molecule has 0 aliphatic carbocycles. The van der Waals surface area contributed by atoms with Crippen LogP contribution in [0.3, 0.4) is 0 Å². The quantitative estimate of drug-likeness (QED) is 0.615. The third-order valence-electron chi connectivity index (χ3n) is 2.52. The summed E-state index contributed by atoms with van der Waals surface area (Å²) in [6.45, 7) is 0. The van der Waals surface area contributed by atoms with Crippen molar-refractivity contribution in [1.82, 2.24) is 9.97 Å². The molecule has 1 heterocycles. The molecule has 0 aliphatic rings. The maximum absolute atomic E-state index is 12.9. The molecule has 0 saturated heterocycles. The van der Waals surface area contributed by atoms with Crippen molar-refractivity contribution in [3.63, 3.8) is 0 Å². The molecule has 0 aliphatic heterocycles. The van der Waals surface area contributed by atoms with Gasteiger partial charge in [0.15, 0.2) is 0 Å². The number of alkyl halides is 3. The number of carbonyl (C=O) groups excluding carboxylic acids is 1. The van der Waals surface area contributed by atoms with Crippen LogP contribution < -0.4 is 5.32 Å². The Hall–Kier alpha value is -1.57. The molecule has 1 aromatic carbocycles.